The molecule has 0 aliphatic rings. The molecule has 2 unspecified atom stereocenters. The number of fused-ring (bicyclic) bond motifs is 2. The third kappa shape index (κ3) is 7.15. The summed E-state index contributed by atoms with van der Waals surface area (Å²) < 4.78 is 35.8. The second-order valence-electron chi connectivity index (χ2n) is 7.01. The van der Waals surface area contributed by atoms with E-state index in [0.29, 0.717) is 42.2 Å². The van der Waals surface area contributed by atoms with Gasteiger partial charge in [-0.15, -0.1) is 0 Å². The van der Waals surface area contributed by atoms with Crippen molar-refractivity contribution in [3.8, 4) is 12.1 Å². The van der Waals surface area contributed by atoms with Crippen molar-refractivity contribution in [2.24, 2.45) is 11.6 Å². The Kier molecular flexibility index (Phi) is 10.9. The topological polar surface area (TPSA) is 219 Å². The molecule has 38 heavy (non-hydrogen) atoms. The maximum Gasteiger partial charge on any atom is 0.423 e. The Hall–Kier alpha value is -3.35. The van der Waals surface area contributed by atoms with Gasteiger partial charge in [0.05, 0.1) is 64.9 Å². The first-order valence-electron chi connectivity index (χ1n) is 10.4. The number of aromatic nitrogens is 4. The number of nitrogens with zero attached hydrogens (tertiary/aromatic N) is 6. The van der Waals surface area contributed by atoms with Crippen LogP contribution >= 0.6 is 31.9 Å². The molecule has 4 heterocycles. The Bertz CT molecular complexity index is 1700. The molecule has 0 fully saturated rings. The molecular formula is C21H21Br2N9O4S2. The molecule has 5 N–H and O–H groups in total. The number of halogens is 2. The summed E-state index contributed by atoms with van der Waals surface area (Å²) in [4.78, 5) is 13.7. The van der Waals surface area contributed by atoms with E-state index in [-0.39, 0.29) is 5.75 Å². The molecule has 0 aliphatic heterocycles. The SMILES string of the molecule is CCS(=N)(=O)c1cc(Br)c2c(C#N)cnn2c1.CCS(=O)c1cc(Br)c2c(C#N)cnn2c1.NOC(N)=O. The zero-order chi connectivity index (χ0) is 28.6. The van der Waals surface area contributed by atoms with Crippen molar-refractivity contribution >= 4 is 69.5 Å². The van der Waals surface area contributed by atoms with Crippen molar-refractivity contribution in [2.75, 3.05) is 11.5 Å². The molecule has 4 aromatic heterocycles. The van der Waals surface area contributed by atoms with E-state index in [9.17, 15) is 13.2 Å². The molecule has 13 nitrogen and oxygen atoms in total. The number of hydrogen-bond acceptors (Lipinski definition) is 10. The van der Waals surface area contributed by atoms with Gasteiger partial charge in [-0.25, -0.2) is 22.8 Å². The van der Waals surface area contributed by atoms with Crippen LogP contribution in [0.1, 0.15) is 25.0 Å². The molecule has 0 aromatic carbocycles. The average Bonchev–Trinajstić information content (AvgIpc) is 3.53. The van der Waals surface area contributed by atoms with Crippen LogP contribution in [0.3, 0.4) is 0 Å². The second-order valence-corrected chi connectivity index (χ2v) is 12.9. The van der Waals surface area contributed by atoms with E-state index in [1.165, 1.54) is 16.9 Å². The van der Waals surface area contributed by atoms with Gasteiger partial charge in [-0.3, -0.25) is 4.21 Å². The number of nitriles is 2. The van der Waals surface area contributed by atoms with Crippen molar-refractivity contribution < 1.29 is 18.0 Å². The Morgan fingerprint density at radius 2 is 1.58 bits per heavy atom. The summed E-state index contributed by atoms with van der Waals surface area (Å²) in [5.74, 6) is 5.00. The predicted molar refractivity (Wildman–Crippen MR) is 147 cm³/mol. The van der Waals surface area contributed by atoms with Crippen LogP contribution in [0.4, 0.5) is 4.79 Å². The second kappa shape index (κ2) is 13.4. The normalized spacial score (nSPS) is 12.6. The molecule has 17 heteroatoms. The van der Waals surface area contributed by atoms with Crippen LogP contribution in [0.15, 0.2) is 55.7 Å². The van der Waals surface area contributed by atoms with Crippen LogP contribution in [0.2, 0.25) is 0 Å². The highest BCUT2D eigenvalue weighted by Gasteiger charge is 2.14. The maximum absolute atomic E-state index is 12.0. The maximum atomic E-state index is 12.0. The van der Waals surface area contributed by atoms with Gasteiger partial charge >= 0.3 is 6.09 Å². The summed E-state index contributed by atoms with van der Waals surface area (Å²) in [6.07, 6.45) is 5.21. The van der Waals surface area contributed by atoms with E-state index in [1.807, 2.05) is 13.0 Å². The standard InChI is InChI=1S/C10H9BrN4OS.C10H8BrN3OS.CH4N2O2/c1-2-17(13,16)8-3-9(11)10-7(4-12)5-14-15(10)6-8;1-2-16(15)8-3-9(11)10-7(4-12)5-13-14(10)6-8;2-1(4)5-3/h3,5-6,13H,2H2,1H3;3,5-6H,2H2,1H3;3H2,(H2,2,4). The van der Waals surface area contributed by atoms with Crippen molar-refractivity contribution in [1.29, 1.82) is 15.3 Å². The van der Waals surface area contributed by atoms with Crippen LogP contribution in [-0.2, 0) is 25.4 Å². The van der Waals surface area contributed by atoms with E-state index < -0.39 is 26.6 Å². The largest absolute Gasteiger partial charge is 0.423 e. The first-order valence-corrected chi connectivity index (χ1v) is 15.0. The zero-order valence-electron chi connectivity index (χ0n) is 19.9. The van der Waals surface area contributed by atoms with Gasteiger partial charge in [0.15, 0.2) is 0 Å². The summed E-state index contributed by atoms with van der Waals surface area (Å²) in [6.45, 7) is 3.56. The molecule has 4 rings (SSSR count). The fourth-order valence-electron chi connectivity index (χ4n) is 2.90. The molecular weight excluding hydrogens is 666 g/mol. The molecule has 4 aromatic rings. The minimum Gasteiger partial charge on any atom is -0.357 e. The van der Waals surface area contributed by atoms with Crippen molar-refractivity contribution in [3.05, 3.63) is 57.0 Å². The number of pyridine rings is 2. The zero-order valence-corrected chi connectivity index (χ0v) is 24.7. The van der Waals surface area contributed by atoms with Gasteiger partial charge < -0.3 is 10.6 Å². The number of carbonyl (C=O) groups is 1. The Morgan fingerprint density at radius 1 is 1.11 bits per heavy atom. The number of hydrogen-bond donors (Lipinski definition) is 3. The third-order valence-electron chi connectivity index (χ3n) is 4.75. The molecule has 0 saturated heterocycles. The molecule has 200 valence electrons. The van der Waals surface area contributed by atoms with Gasteiger partial charge in [0, 0.05) is 32.8 Å². The summed E-state index contributed by atoms with van der Waals surface area (Å²) in [6, 6.07) is 7.49. The summed E-state index contributed by atoms with van der Waals surface area (Å²) in [5, 5.41) is 25.9. The number of nitrogens with two attached hydrogens (primary N) is 2. The minimum absolute atomic E-state index is 0.247. The van der Waals surface area contributed by atoms with Crippen molar-refractivity contribution in [2.45, 2.75) is 23.6 Å². The summed E-state index contributed by atoms with van der Waals surface area (Å²) >= 11 is 6.69. The van der Waals surface area contributed by atoms with E-state index in [1.54, 1.807) is 36.0 Å². The molecule has 0 aliphatic carbocycles. The third-order valence-corrected chi connectivity index (χ3v) is 9.03. The first kappa shape index (κ1) is 30.9. The van der Waals surface area contributed by atoms with Crippen LogP contribution in [0.25, 0.3) is 11.0 Å². The highest BCUT2D eigenvalue weighted by molar-refractivity contribution is 9.11. The molecule has 2 atom stereocenters. The van der Waals surface area contributed by atoms with E-state index in [0.717, 1.165) is 4.47 Å². The predicted octanol–water partition coefficient (Wildman–Crippen LogP) is 3.45. The van der Waals surface area contributed by atoms with Crippen LogP contribution in [0.5, 0.6) is 0 Å². The molecule has 0 bridgehead atoms. The van der Waals surface area contributed by atoms with Crippen LogP contribution in [-0.4, -0.2) is 45.2 Å². The Morgan fingerprint density at radius 3 is 2.00 bits per heavy atom. The summed E-state index contributed by atoms with van der Waals surface area (Å²) in [5.41, 5.74) is 6.58. The fourth-order valence-corrected chi connectivity index (χ4v) is 6.20. The lowest BCUT2D eigenvalue weighted by atomic mass is 10.3. The van der Waals surface area contributed by atoms with E-state index >= 15 is 0 Å². The Balaban J connectivity index is 0.000000228. The minimum atomic E-state index is -2.78. The van der Waals surface area contributed by atoms with Gasteiger partial charge in [0.1, 0.15) is 12.1 Å². The first-order chi connectivity index (χ1) is 17.9. The van der Waals surface area contributed by atoms with Crippen LogP contribution < -0.4 is 11.6 Å². The average molecular weight is 687 g/mol. The smallest absolute Gasteiger partial charge is 0.357 e. The highest BCUT2D eigenvalue weighted by atomic mass is 79.9. The Labute approximate surface area is 237 Å². The van der Waals surface area contributed by atoms with E-state index in [2.05, 4.69) is 64.6 Å². The van der Waals surface area contributed by atoms with Gasteiger partial charge in [-0.2, -0.15) is 26.6 Å². The monoisotopic (exact) mass is 685 g/mol. The number of carbonyl (C=O) groups excluding carboxylic acids is 1. The lowest BCUT2D eigenvalue weighted by Crippen LogP contribution is -2.16. The van der Waals surface area contributed by atoms with E-state index in [4.69, 9.17) is 15.3 Å². The van der Waals surface area contributed by atoms with Gasteiger partial charge in [-0.05, 0) is 44.0 Å². The quantitative estimate of drug-likeness (QED) is 0.267. The number of primary amides is 1. The highest BCUT2D eigenvalue weighted by Crippen LogP contribution is 2.26. The molecule has 0 radical (unpaired) electrons. The van der Waals surface area contributed by atoms with Gasteiger partial charge in [0.2, 0.25) is 0 Å². The number of amides is 1. The number of rotatable bonds is 4. The molecule has 0 spiro atoms. The molecule has 0 saturated carbocycles. The van der Waals surface area contributed by atoms with Crippen LogP contribution in [0, 0.1) is 27.4 Å². The van der Waals surface area contributed by atoms with Gasteiger partial charge in [-0.1, -0.05) is 13.8 Å². The summed E-state index contributed by atoms with van der Waals surface area (Å²) in [7, 11) is -3.81. The lowest BCUT2D eigenvalue weighted by molar-refractivity contribution is 0.159. The lowest BCUT2D eigenvalue weighted by Gasteiger charge is -2.06. The van der Waals surface area contributed by atoms with Gasteiger partial charge in [0.25, 0.3) is 0 Å². The molecule has 1 amide bonds. The van der Waals surface area contributed by atoms with Crippen molar-refractivity contribution in [1.82, 2.24) is 19.2 Å². The number of nitrogens with one attached hydrogen (secondary N) is 1. The van der Waals surface area contributed by atoms with Crippen molar-refractivity contribution in [3.63, 3.8) is 0 Å². The fraction of sp³-hybridized carbons (Fsp3) is 0.190.